The summed E-state index contributed by atoms with van der Waals surface area (Å²) in [6.07, 6.45) is 0. The molecule has 0 saturated carbocycles. The molecule has 1 aromatic heterocycles. The smallest absolute Gasteiger partial charge is 0.294 e. The van der Waals surface area contributed by atoms with Crippen LogP contribution in [-0.4, -0.2) is 16.8 Å². The summed E-state index contributed by atoms with van der Waals surface area (Å²) in [5.74, 6) is -0.271. The fraction of sp³-hybridized carbons (Fsp3) is 0.300. The van der Waals surface area contributed by atoms with Gasteiger partial charge in [-0.05, 0) is 31.2 Å². The molecule has 2 heterocycles. The number of nitrogens with zero attached hydrogens (tertiary/aromatic N) is 1. The molecule has 1 aliphatic heterocycles. The number of hydrogen-bond acceptors (Lipinski definition) is 4. The summed E-state index contributed by atoms with van der Waals surface area (Å²) in [4.78, 5) is 27.1. The Bertz CT molecular complexity index is 855. The van der Waals surface area contributed by atoms with Gasteiger partial charge in [0, 0.05) is 11.1 Å². The second kappa shape index (κ2) is 5.92. The number of para-hydroxylation sites is 1. The van der Waals surface area contributed by atoms with Crippen molar-refractivity contribution in [3.05, 3.63) is 65.3 Å². The van der Waals surface area contributed by atoms with Gasteiger partial charge in [0.05, 0.1) is 5.57 Å². The molecule has 1 atom stereocenters. The number of Topliss-reactive ketones (excluding diaryl/α,β-unsaturated/α-hetero) is 1. The third-order valence-electron chi connectivity index (χ3n) is 4.20. The number of amides is 1. The normalized spacial score (nSPS) is 18.2. The van der Waals surface area contributed by atoms with E-state index in [1.54, 1.807) is 64.1 Å². The molecule has 1 amide bonds. The summed E-state index contributed by atoms with van der Waals surface area (Å²) >= 11 is 0. The third-order valence-corrected chi connectivity index (χ3v) is 4.20. The van der Waals surface area contributed by atoms with Gasteiger partial charge >= 0.3 is 0 Å². The minimum Gasteiger partial charge on any atom is -0.503 e. The highest BCUT2D eigenvalue weighted by molar-refractivity contribution is 6.17. The van der Waals surface area contributed by atoms with E-state index in [0.717, 1.165) is 0 Å². The Balaban J connectivity index is 2.19. The van der Waals surface area contributed by atoms with Crippen molar-refractivity contribution >= 4 is 17.4 Å². The maximum absolute atomic E-state index is 13.0. The van der Waals surface area contributed by atoms with Gasteiger partial charge in [-0.2, -0.15) is 0 Å². The average Bonchev–Trinajstić information content (AvgIpc) is 3.09. The number of carbonyl (C=O) groups excluding carboxylic acids is 2. The van der Waals surface area contributed by atoms with Gasteiger partial charge < -0.3 is 9.52 Å². The van der Waals surface area contributed by atoms with Crippen LogP contribution in [0.2, 0.25) is 0 Å². The summed E-state index contributed by atoms with van der Waals surface area (Å²) in [5, 5.41) is 10.5. The molecule has 1 N–H and O–H groups in total. The Labute approximate surface area is 146 Å². The lowest BCUT2D eigenvalue weighted by Crippen LogP contribution is -2.32. The molecule has 5 heteroatoms. The van der Waals surface area contributed by atoms with E-state index in [-0.39, 0.29) is 11.4 Å². The van der Waals surface area contributed by atoms with Gasteiger partial charge in [0.15, 0.2) is 11.5 Å². The highest BCUT2D eigenvalue weighted by Gasteiger charge is 2.47. The summed E-state index contributed by atoms with van der Waals surface area (Å²) in [5.41, 5.74) is -0.0681. The monoisotopic (exact) mass is 339 g/mol. The SMILES string of the molecule is Cc1ccc(C2C(C(=O)C(C)(C)C)=C(O)C(=O)N2c2ccccc2)o1. The first-order valence-electron chi connectivity index (χ1n) is 8.14. The number of hydrogen-bond donors (Lipinski definition) is 1. The molecule has 1 aliphatic rings. The molecular formula is C20H21NO4. The lowest BCUT2D eigenvalue weighted by molar-refractivity contribution is -0.123. The van der Waals surface area contributed by atoms with E-state index in [1.807, 2.05) is 6.07 Å². The van der Waals surface area contributed by atoms with E-state index in [4.69, 9.17) is 4.42 Å². The predicted molar refractivity (Wildman–Crippen MR) is 94.2 cm³/mol. The number of anilines is 1. The van der Waals surface area contributed by atoms with Crippen molar-refractivity contribution in [2.24, 2.45) is 5.41 Å². The molecule has 5 nitrogen and oxygen atoms in total. The number of aliphatic hydroxyl groups is 1. The molecular weight excluding hydrogens is 318 g/mol. The molecule has 0 bridgehead atoms. The predicted octanol–water partition coefficient (Wildman–Crippen LogP) is 4.10. The highest BCUT2D eigenvalue weighted by Crippen LogP contribution is 2.43. The van der Waals surface area contributed by atoms with E-state index < -0.39 is 23.1 Å². The molecule has 1 unspecified atom stereocenters. The van der Waals surface area contributed by atoms with Crippen LogP contribution in [0.1, 0.15) is 38.3 Å². The van der Waals surface area contributed by atoms with Gasteiger partial charge in [-0.15, -0.1) is 0 Å². The summed E-state index contributed by atoms with van der Waals surface area (Å²) in [6, 6.07) is 11.7. The molecule has 130 valence electrons. The van der Waals surface area contributed by atoms with Crippen LogP contribution in [-0.2, 0) is 9.59 Å². The molecule has 0 spiro atoms. The number of rotatable bonds is 3. The minimum absolute atomic E-state index is 0.0794. The molecule has 0 fully saturated rings. The topological polar surface area (TPSA) is 70.8 Å². The molecule has 1 aromatic carbocycles. The van der Waals surface area contributed by atoms with Crippen molar-refractivity contribution in [2.75, 3.05) is 4.90 Å². The number of furan rings is 1. The fourth-order valence-corrected chi connectivity index (χ4v) is 2.97. The summed E-state index contributed by atoms with van der Waals surface area (Å²) < 4.78 is 5.72. The molecule has 3 rings (SSSR count). The molecule has 0 aliphatic carbocycles. The molecule has 2 aromatic rings. The fourth-order valence-electron chi connectivity index (χ4n) is 2.97. The van der Waals surface area contributed by atoms with Gasteiger partial charge in [0.2, 0.25) is 0 Å². The largest absolute Gasteiger partial charge is 0.503 e. The van der Waals surface area contributed by atoms with Gasteiger partial charge in [-0.25, -0.2) is 0 Å². The Morgan fingerprint density at radius 2 is 1.76 bits per heavy atom. The highest BCUT2D eigenvalue weighted by atomic mass is 16.3. The average molecular weight is 339 g/mol. The molecule has 0 radical (unpaired) electrons. The van der Waals surface area contributed by atoms with E-state index in [2.05, 4.69) is 0 Å². The number of benzene rings is 1. The van der Waals surface area contributed by atoms with Crippen molar-refractivity contribution in [2.45, 2.75) is 33.7 Å². The quantitative estimate of drug-likeness (QED) is 0.914. The van der Waals surface area contributed by atoms with Gasteiger partial charge in [0.25, 0.3) is 5.91 Å². The number of ketones is 1. The Morgan fingerprint density at radius 3 is 2.28 bits per heavy atom. The van der Waals surface area contributed by atoms with E-state index >= 15 is 0 Å². The van der Waals surface area contributed by atoms with Crippen molar-refractivity contribution in [3.8, 4) is 0 Å². The first-order valence-corrected chi connectivity index (χ1v) is 8.14. The van der Waals surface area contributed by atoms with E-state index in [1.165, 1.54) is 4.90 Å². The van der Waals surface area contributed by atoms with Crippen LogP contribution in [0.25, 0.3) is 0 Å². The lowest BCUT2D eigenvalue weighted by atomic mass is 9.83. The van der Waals surface area contributed by atoms with Crippen molar-refractivity contribution in [1.29, 1.82) is 0 Å². The standard InChI is InChI=1S/C20H21NO4/c1-12-10-11-14(25-12)16-15(18(23)20(2,3)4)17(22)19(24)21(16)13-8-6-5-7-9-13/h5-11,16,22H,1-4H3. The van der Waals surface area contributed by atoms with Gasteiger partial charge in [0.1, 0.15) is 17.6 Å². The minimum atomic E-state index is -0.782. The van der Waals surface area contributed by atoms with E-state index in [9.17, 15) is 14.7 Å². The van der Waals surface area contributed by atoms with Crippen molar-refractivity contribution in [3.63, 3.8) is 0 Å². The lowest BCUT2D eigenvalue weighted by Gasteiger charge is -2.27. The zero-order valence-electron chi connectivity index (χ0n) is 14.7. The number of aliphatic hydroxyl groups excluding tert-OH is 1. The zero-order chi connectivity index (χ0) is 18.4. The van der Waals surface area contributed by atoms with Crippen LogP contribution in [0.5, 0.6) is 0 Å². The Morgan fingerprint density at radius 1 is 1.12 bits per heavy atom. The maximum atomic E-state index is 13.0. The summed E-state index contributed by atoms with van der Waals surface area (Å²) in [7, 11) is 0. The molecule has 0 saturated heterocycles. The first kappa shape index (κ1) is 17.0. The van der Waals surface area contributed by atoms with Crippen LogP contribution < -0.4 is 4.90 Å². The second-order valence-corrected chi connectivity index (χ2v) is 7.20. The second-order valence-electron chi connectivity index (χ2n) is 7.20. The van der Waals surface area contributed by atoms with Crippen molar-refractivity contribution < 1.29 is 19.1 Å². The van der Waals surface area contributed by atoms with Gasteiger partial charge in [-0.3, -0.25) is 14.5 Å². The zero-order valence-corrected chi connectivity index (χ0v) is 14.7. The third kappa shape index (κ3) is 2.86. The maximum Gasteiger partial charge on any atom is 0.294 e. The first-order chi connectivity index (χ1) is 11.7. The van der Waals surface area contributed by atoms with E-state index in [0.29, 0.717) is 17.2 Å². The van der Waals surface area contributed by atoms with Gasteiger partial charge in [-0.1, -0.05) is 39.0 Å². The van der Waals surface area contributed by atoms with Crippen LogP contribution in [0.3, 0.4) is 0 Å². The summed E-state index contributed by atoms with van der Waals surface area (Å²) in [6.45, 7) is 7.07. The Kier molecular flexibility index (Phi) is 4.03. The van der Waals surface area contributed by atoms with Crippen molar-refractivity contribution in [1.82, 2.24) is 0 Å². The number of aryl methyl sites for hydroxylation is 1. The number of carbonyl (C=O) groups is 2. The van der Waals surface area contributed by atoms with Crippen LogP contribution >= 0.6 is 0 Å². The van der Waals surface area contributed by atoms with Crippen LogP contribution in [0, 0.1) is 12.3 Å². The van der Waals surface area contributed by atoms with Crippen LogP contribution in [0.15, 0.2) is 58.2 Å². The van der Waals surface area contributed by atoms with Crippen LogP contribution in [0.4, 0.5) is 5.69 Å². The molecule has 25 heavy (non-hydrogen) atoms. The Hall–Kier alpha value is -2.82.